The lowest BCUT2D eigenvalue weighted by Crippen LogP contribution is -2.14. The Morgan fingerprint density at radius 3 is 1.12 bits per heavy atom. The summed E-state index contributed by atoms with van der Waals surface area (Å²) in [5, 5.41) is 0. The van der Waals surface area contributed by atoms with Crippen LogP contribution in [-0.2, 0) is 12.8 Å². The van der Waals surface area contributed by atoms with Crippen LogP contribution in [0.5, 0.6) is 23.0 Å². The topological polar surface area (TPSA) is 105 Å². The van der Waals surface area contributed by atoms with Gasteiger partial charge in [0, 0.05) is 17.7 Å². The molecule has 0 aromatic heterocycles. The van der Waals surface area contributed by atoms with Crippen LogP contribution in [0.2, 0.25) is 0 Å². The predicted molar refractivity (Wildman–Crippen MR) is 249 cm³/mol. The highest BCUT2D eigenvalue weighted by Gasteiger charge is 2.22. The van der Waals surface area contributed by atoms with Crippen molar-refractivity contribution in [2.75, 3.05) is 0 Å². The van der Waals surface area contributed by atoms with E-state index in [1.807, 2.05) is 24.3 Å². The Bertz CT molecular complexity index is 2160. The second-order valence-corrected chi connectivity index (χ2v) is 16.6. The van der Waals surface area contributed by atoms with Crippen molar-refractivity contribution in [1.29, 1.82) is 0 Å². The normalized spacial score (nSPS) is 11.0. The first-order valence-corrected chi connectivity index (χ1v) is 23.3. The van der Waals surface area contributed by atoms with E-state index in [-0.39, 0.29) is 28.6 Å². The molecule has 0 heterocycles. The van der Waals surface area contributed by atoms with Crippen LogP contribution in [0.25, 0.3) is 0 Å². The predicted octanol–water partition coefficient (Wildman–Crippen LogP) is 14.5. The first kappa shape index (κ1) is 49.8. The van der Waals surface area contributed by atoms with Gasteiger partial charge in [-0.05, 0) is 104 Å². The number of halogens is 2. The third-order valence-electron chi connectivity index (χ3n) is 11.4. The lowest BCUT2D eigenvalue weighted by molar-refractivity contribution is 0.0719. The number of carbonyl (C=O) groups is 4. The number of ether oxygens (including phenoxy) is 4. The van der Waals surface area contributed by atoms with Crippen LogP contribution in [-0.4, -0.2) is 23.9 Å². The minimum absolute atomic E-state index is 0.0370. The van der Waals surface area contributed by atoms with Crippen LogP contribution in [0.1, 0.15) is 175 Å². The van der Waals surface area contributed by atoms with E-state index in [0.29, 0.717) is 11.1 Å². The molecule has 0 bridgehead atoms. The zero-order valence-corrected chi connectivity index (χ0v) is 38.1. The second-order valence-electron chi connectivity index (χ2n) is 16.6. The van der Waals surface area contributed by atoms with Crippen molar-refractivity contribution in [3.8, 4) is 23.0 Å². The summed E-state index contributed by atoms with van der Waals surface area (Å²) in [6.45, 7) is 5.94. The van der Waals surface area contributed by atoms with Gasteiger partial charge in [0.25, 0.3) is 0 Å². The Kier molecular flexibility index (Phi) is 20.4. The Morgan fingerprint density at radius 2 is 0.769 bits per heavy atom. The van der Waals surface area contributed by atoms with Gasteiger partial charge in [-0.15, -0.1) is 0 Å². The quantitative estimate of drug-likeness (QED) is 0.0307. The molecule has 5 aromatic carbocycles. The standard InChI is InChI=1S/C55H62F2O8/c1-4-6-8-10-12-14-16-18-21-40-25-29-42(30-26-40)52(58)62-44-33-35-46(48(56)37-44)54(60)64-50-23-20-24-51(39(50)3)65-55(61)47-36-34-45(38-49(47)57)63-53(59)43-31-27-41(28-32-43)22-19-17-15-13-11-9-7-5-2/h20,23-38H,4-19,21-22H2,1-3H3. The highest BCUT2D eigenvalue weighted by atomic mass is 19.1. The minimum Gasteiger partial charge on any atom is -0.423 e. The monoisotopic (exact) mass is 888 g/mol. The van der Waals surface area contributed by atoms with E-state index in [4.69, 9.17) is 18.9 Å². The van der Waals surface area contributed by atoms with Gasteiger partial charge >= 0.3 is 23.9 Å². The van der Waals surface area contributed by atoms with E-state index in [1.165, 1.54) is 127 Å². The van der Waals surface area contributed by atoms with Crippen molar-refractivity contribution in [2.45, 2.75) is 136 Å². The average molecular weight is 889 g/mol. The molecular weight excluding hydrogens is 827 g/mol. The molecule has 65 heavy (non-hydrogen) atoms. The van der Waals surface area contributed by atoms with Crippen LogP contribution in [0, 0.1) is 18.6 Å². The first-order valence-electron chi connectivity index (χ1n) is 23.3. The first-order chi connectivity index (χ1) is 31.6. The van der Waals surface area contributed by atoms with Gasteiger partial charge in [0.05, 0.1) is 22.3 Å². The Hall–Kier alpha value is -6.16. The summed E-state index contributed by atoms with van der Waals surface area (Å²) >= 11 is 0. The summed E-state index contributed by atoms with van der Waals surface area (Å²) in [5.41, 5.74) is 2.23. The largest absolute Gasteiger partial charge is 0.423 e. The molecule has 5 rings (SSSR count). The van der Waals surface area contributed by atoms with E-state index in [1.54, 1.807) is 24.3 Å². The summed E-state index contributed by atoms with van der Waals surface area (Å²) in [4.78, 5) is 51.8. The van der Waals surface area contributed by atoms with E-state index >= 15 is 8.78 Å². The molecule has 0 saturated carbocycles. The molecule has 0 aliphatic carbocycles. The molecule has 5 aromatic rings. The van der Waals surface area contributed by atoms with E-state index in [0.717, 1.165) is 61.1 Å². The van der Waals surface area contributed by atoms with Gasteiger partial charge in [0.2, 0.25) is 0 Å². The van der Waals surface area contributed by atoms with Crippen LogP contribution >= 0.6 is 0 Å². The molecule has 10 heteroatoms. The minimum atomic E-state index is -1.05. The van der Waals surface area contributed by atoms with Gasteiger partial charge in [-0.2, -0.15) is 0 Å². The fourth-order valence-electron chi connectivity index (χ4n) is 7.45. The van der Waals surface area contributed by atoms with Gasteiger partial charge in [0.1, 0.15) is 34.6 Å². The maximum atomic E-state index is 15.2. The van der Waals surface area contributed by atoms with Crippen molar-refractivity contribution < 1.29 is 46.9 Å². The molecule has 8 nitrogen and oxygen atoms in total. The molecule has 0 saturated heterocycles. The van der Waals surface area contributed by atoms with Crippen molar-refractivity contribution in [3.05, 3.63) is 154 Å². The zero-order valence-electron chi connectivity index (χ0n) is 38.1. The molecule has 344 valence electrons. The third kappa shape index (κ3) is 16.1. The van der Waals surface area contributed by atoms with Crippen LogP contribution in [0.3, 0.4) is 0 Å². The highest BCUT2D eigenvalue weighted by molar-refractivity contribution is 5.94. The van der Waals surface area contributed by atoms with Gasteiger partial charge < -0.3 is 18.9 Å². The fourth-order valence-corrected chi connectivity index (χ4v) is 7.45. The van der Waals surface area contributed by atoms with Crippen molar-refractivity contribution >= 4 is 23.9 Å². The van der Waals surface area contributed by atoms with Gasteiger partial charge in [-0.25, -0.2) is 28.0 Å². The molecule has 0 unspecified atom stereocenters. The molecule has 0 aliphatic heterocycles. The Morgan fingerprint density at radius 1 is 0.415 bits per heavy atom. The molecule has 0 amide bonds. The Balaban J connectivity index is 1.08. The lowest BCUT2D eigenvalue weighted by atomic mass is 10.0. The van der Waals surface area contributed by atoms with E-state index < -0.39 is 46.6 Å². The Labute approximate surface area is 382 Å². The summed E-state index contributed by atoms with van der Waals surface area (Å²) in [6, 6.07) is 25.3. The van der Waals surface area contributed by atoms with E-state index in [9.17, 15) is 19.2 Å². The average Bonchev–Trinajstić information content (AvgIpc) is 3.30. The maximum Gasteiger partial charge on any atom is 0.346 e. The number of esters is 4. The second kappa shape index (κ2) is 26.6. The number of unbranched alkanes of at least 4 members (excludes halogenated alkanes) is 14. The number of hydrogen-bond donors (Lipinski definition) is 0. The lowest BCUT2D eigenvalue weighted by Gasteiger charge is -2.13. The molecule has 0 atom stereocenters. The van der Waals surface area contributed by atoms with E-state index in [2.05, 4.69) is 13.8 Å². The summed E-state index contributed by atoms with van der Waals surface area (Å²) < 4.78 is 52.1. The van der Waals surface area contributed by atoms with Crippen LogP contribution in [0.4, 0.5) is 8.78 Å². The molecule has 0 radical (unpaired) electrons. The van der Waals surface area contributed by atoms with Crippen molar-refractivity contribution in [1.82, 2.24) is 0 Å². The summed E-state index contributed by atoms with van der Waals surface area (Å²) in [6.07, 6.45) is 21.6. The highest BCUT2D eigenvalue weighted by Crippen LogP contribution is 2.30. The molecule has 0 fully saturated rings. The molecule has 0 aliphatic rings. The number of rotatable bonds is 26. The SMILES string of the molecule is CCCCCCCCCCc1ccc(C(=O)Oc2ccc(C(=O)Oc3cccc(OC(=O)c4ccc(OC(=O)c5ccc(CCCCCCCCCC)cc5)cc4F)c3C)c(F)c2)cc1. The van der Waals surface area contributed by atoms with Crippen molar-refractivity contribution in [3.63, 3.8) is 0 Å². The zero-order chi connectivity index (χ0) is 46.4. The molecule has 0 N–H and O–H groups in total. The van der Waals surface area contributed by atoms with Gasteiger partial charge in [-0.3, -0.25) is 0 Å². The maximum absolute atomic E-state index is 15.2. The molecule has 0 spiro atoms. The number of aryl methyl sites for hydroxylation is 2. The third-order valence-corrected chi connectivity index (χ3v) is 11.4. The van der Waals surface area contributed by atoms with Crippen LogP contribution < -0.4 is 18.9 Å². The fraction of sp³-hybridized carbons (Fsp3) is 0.382. The number of benzene rings is 5. The van der Waals surface area contributed by atoms with Gasteiger partial charge in [-0.1, -0.05) is 134 Å². The summed E-state index contributed by atoms with van der Waals surface area (Å²) in [5.74, 6) is -5.65. The van der Waals surface area contributed by atoms with Gasteiger partial charge in [0.15, 0.2) is 0 Å². The van der Waals surface area contributed by atoms with Crippen LogP contribution in [0.15, 0.2) is 103 Å². The number of hydrogen-bond acceptors (Lipinski definition) is 8. The van der Waals surface area contributed by atoms with Crippen molar-refractivity contribution in [2.24, 2.45) is 0 Å². The molecular formula is C55H62F2O8. The number of carbonyl (C=O) groups excluding carboxylic acids is 4. The summed E-state index contributed by atoms with van der Waals surface area (Å²) in [7, 11) is 0. The smallest absolute Gasteiger partial charge is 0.346 e.